The van der Waals surface area contributed by atoms with E-state index in [4.69, 9.17) is 17.3 Å². The van der Waals surface area contributed by atoms with Crippen molar-refractivity contribution in [3.05, 3.63) is 23.2 Å². The summed E-state index contributed by atoms with van der Waals surface area (Å²) in [6.45, 7) is 3.96. The summed E-state index contributed by atoms with van der Waals surface area (Å²) in [5.74, 6) is -0.194. The van der Waals surface area contributed by atoms with E-state index in [1.807, 2.05) is 0 Å². The number of halogens is 1. The van der Waals surface area contributed by atoms with Crippen LogP contribution in [0.1, 0.15) is 13.8 Å². The van der Waals surface area contributed by atoms with Crippen molar-refractivity contribution in [1.29, 1.82) is 0 Å². The number of carbonyl (C=O) groups excluding carboxylic acids is 1. The van der Waals surface area contributed by atoms with Crippen LogP contribution in [0.3, 0.4) is 0 Å². The number of likely N-dealkylation sites (N-methyl/N-ethyl adjacent to an activating group) is 1. The number of aliphatic hydroxyl groups is 1. The van der Waals surface area contributed by atoms with E-state index in [1.165, 1.54) is 0 Å². The molecule has 0 radical (unpaired) electrons. The monoisotopic (exact) mass is 285 g/mol. The van der Waals surface area contributed by atoms with Gasteiger partial charge < -0.3 is 16.2 Å². The number of nitrogens with one attached hydrogen (secondary N) is 1. The van der Waals surface area contributed by atoms with Crippen molar-refractivity contribution in [2.45, 2.75) is 19.4 Å². The molecule has 0 aliphatic rings. The Bertz CT molecular complexity index is 458. The van der Waals surface area contributed by atoms with Crippen molar-refractivity contribution < 1.29 is 9.90 Å². The molecule has 0 saturated carbocycles. The van der Waals surface area contributed by atoms with Crippen LogP contribution in [0.5, 0.6) is 0 Å². The smallest absolute Gasteiger partial charge is 0.238 e. The van der Waals surface area contributed by atoms with Crippen LogP contribution in [-0.4, -0.2) is 41.7 Å². The summed E-state index contributed by atoms with van der Waals surface area (Å²) in [5, 5.41) is 12.9. The lowest BCUT2D eigenvalue weighted by molar-refractivity contribution is -0.117. The van der Waals surface area contributed by atoms with Crippen LogP contribution in [0.4, 0.5) is 11.4 Å². The van der Waals surface area contributed by atoms with Crippen LogP contribution in [0, 0.1) is 0 Å². The first-order valence-corrected chi connectivity index (χ1v) is 6.31. The molecule has 1 amide bonds. The average molecular weight is 286 g/mol. The number of benzene rings is 1. The molecule has 19 heavy (non-hydrogen) atoms. The van der Waals surface area contributed by atoms with Crippen LogP contribution >= 0.6 is 11.6 Å². The second kappa shape index (κ2) is 6.23. The van der Waals surface area contributed by atoms with Crippen LogP contribution in [0.15, 0.2) is 18.2 Å². The van der Waals surface area contributed by atoms with Crippen LogP contribution in [0.2, 0.25) is 5.02 Å². The number of hydrogen-bond donors (Lipinski definition) is 3. The van der Waals surface area contributed by atoms with Gasteiger partial charge in [-0.3, -0.25) is 9.69 Å². The highest BCUT2D eigenvalue weighted by Crippen LogP contribution is 2.22. The summed E-state index contributed by atoms with van der Waals surface area (Å²) in [6.07, 6.45) is 0. The Balaban J connectivity index is 2.56. The third kappa shape index (κ3) is 5.92. The van der Waals surface area contributed by atoms with E-state index in [2.05, 4.69) is 5.32 Å². The number of hydrogen-bond acceptors (Lipinski definition) is 4. The Morgan fingerprint density at radius 2 is 2.16 bits per heavy atom. The number of nitrogen functional groups attached to an aromatic ring is 1. The summed E-state index contributed by atoms with van der Waals surface area (Å²) in [5.41, 5.74) is 5.87. The van der Waals surface area contributed by atoms with Crippen LogP contribution < -0.4 is 11.1 Å². The molecule has 1 aromatic rings. The minimum atomic E-state index is -0.839. The van der Waals surface area contributed by atoms with Gasteiger partial charge in [0, 0.05) is 11.6 Å². The Labute approximate surface area is 118 Å². The summed E-state index contributed by atoms with van der Waals surface area (Å²) >= 11 is 5.78. The highest BCUT2D eigenvalue weighted by atomic mass is 35.5. The van der Waals surface area contributed by atoms with E-state index in [9.17, 15) is 9.90 Å². The predicted octanol–water partition coefficient (Wildman–Crippen LogP) is 1.56. The van der Waals surface area contributed by atoms with Gasteiger partial charge in [0.1, 0.15) is 0 Å². The summed E-state index contributed by atoms with van der Waals surface area (Å²) in [4.78, 5) is 13.6. The molecule has 0 saturated heterocycles. The van der Waals surface area contributed by atoms with Gasteiger partial charge in [-0.25, -0.2) is 0 Å². The van der Waals surface area contributed by atoms with E-state index < -0.39 is 5.60 Å². The lowest BCUT2D eigenvalue weighted by atomic mass is 10.1. The lowest BCUT2D eigenvalue weighted by Crippen LogP contribution is -2.40. The molecular formula is C13H20ClN3O2. The highest BCUT2D eigenvalue weighted by Gasteiger charge is 2.17. The first-order chi connectivity index (χ1) is 8.67. The van der Waals surface area contributed by atoms with E-state index >= 15 is 0 Å². The maximum Gasteiger partial charge on any atom is 0.238 e. The van der Waals surface area contributed by atoms with E-state index in [1.54, 1.807) is 44.0 Å². The lowest BCUT2D eigenvalue weighted by Gasteiger charge is -2.24. The van der Waals surface area contributed by atoms with Gasteiger partial charge >= 0.3 is 0 Å². The van der Waals surface area contributed by atoms with Gasteiger partial charge in [-0.05, 0) is 39.1 Å². The second-order valence-electron chi connectivity index (χ2n) is 5.26. The Morgan fingerprint density at radius 3 is 2.68 bits per heavy atom. The molecule has 6 heteroatoms. The molecule has 0 bridgehead atoms. The number of amides is 1. The number of carbonyl (C=O) groups is 1. The van der Waals surface area contributed by atoms with Crippen molar-refractivity contribution in [3.8, 4) is 0 Å². The molecule has 0 fully saturated rings. The molecule has 1 rings (SSSR count). The van der Waals surface area contributed by atoms with Crippen LogP contribution in [-0.2, 0) is 4.79 Å². The number of anilines is 2. The Hall–Kier alpha value is -1.30. The molecule has 1 aromatic carbocycles. The second-order valence-corrected chi connectivity index (χ2v) is 5.70. The van der Waals surface area contributed by atoms with E-state index in [-0.39, 0.29) is 12.5 Å². The molecule has 106 valence electrons. The van der Waals surface area contributed by atoms with Gasteiger partial charge in [0.25, 0.3) is 0 Å². The van der Waals surface area contributed by atoms with Crippen molar-refractivity contribution in [2.75, 3.05) is 31.2 Å². The molecule has 0 unspecified atom stereocenters. The zero-order valence-electron chi connectivity index (χ0n) is 11.4. The summed E-state index contributed by atoms with van der Waals surface area (Å²) < 4.78 is 0. The van der Waals surface area contributed by atoms with E-state index in [0.29, 0.717) is 22.9 Å². The normalized spacial score (nSPS) is 11.7. The highest BCUT2D eigenvalue weighted by molar-refractivity contribution is 6.31. The minimum absolute atomic E-state index is 0.173. The standard InChI is InChI=1S/C13H20ClN3O2/c1-13(2,19)8-17(3)7-12(18)16-11-5-4-9(14)6-10(11)15/h4-6,19H,7-8,15H2,1-3H3,(H,16,18). The van der Waals surface area contributed by atoms with Crippen molar-refractivity contribution in [2.24, 2.45) is 0 Å². The largest absolute Gasteiger partial charge is 0.397 e. The zero-order chi connectivity index (χ0) is 14.6. The zero-order valence-corrected chi connectivity index (χ0v) is 12.2. The number of nitrogens with two attached hydrogens (primary N) is 1. The minimum Gasteiger partial charge on any atom is -0.397 e. The van der Waals surface area contributed by atoms with E-state index in [0.717, 1.165) is 0 Å². The van der Waals surface area contributed by atoms with Gasteiger partial charge in [-0.1, -0.05) is 11.6 Å². The average Bonchev–Trinajstić information content (AvgIpc) is 2.19. The quantitative estimate of drug-likeness (QED) is 0.718. The Morgan fingerprint density at radius 1 is 1.53 bits per heavy atom. The predicted molar refractivity (Wildman–Crippen MR) is 78.3 cm³/mol. The maximum atomic E-state index is 11.8. The SMILES string of the molecule is CN(CC(=O)Nc1ccc(Cl)cc1N)CC(C)(C)O. The molecule has 0 aliphatic heterocycles. The van der Waals surface area contributed by atoms with Crippen molar-refractivity contribution in [1.82, 2.24) is 4.90 Å². The summed E-state index contributed by atoms with van der Waals surface area (Å²) in [7, 11) is 1.77. The summed E-state index contributed by atoms with van der Waals surface area (Å²) in [6, 6.07) is 4.90. The fourth-order valence-corrected chi connectivity index (χ4v) is 1.98. The Kier molecular flexibility index (Phi) is 5.17. The van der Waals surface area contributed by atoms with Crippen molar-refractivity contribution >= 4 is 28.9 Å². The first kappa shape index (κ1) is 15.8. The van der Waals surface area contributed by atoms with Gasteiger partial charge in [0.2, 0.25) is 5.91 Å². The molecule has 4 N–H and O–H groups in total. The van der Waals surface area contributed by atoms with Crippen molar-refractivity contribution in [3.63, 3.8) is 0 Å². The topological polar surface area (TPSA) is 78.6 Å². The molecule has 0 heterocycles. The fourth-order valence-electron chi connectivity index (χ4n) is 1.80. The fraction of sp³-hybridized carbons (Fsp3) is 0.462. The third-order valence-corrected chi connectivity index (χ3v) is 2.59. The van der Waals surface area contributed by atoms with Crippen LogP contribution in [0.25, 0.3) is 0 Å². The molecule has 5 nitrogen and oxygen atoms in total. The van der Waals surface area contributed by atoms with Gasteiger partial charge in [0.15, 0.2) is 0 Å². The molecule has 0 spiro atoms. The number of rotatable bonds is 5. The molecular weight excluding hydrogens is 266 g/mol. The van der Waals surface area contributed by atoms with Gasteiger partial charge in [-0.2, -0.15) is 0 Å². The number of nitrogens with zero attached hydrogens (tertiary/aromatic N) is 1. The maximum absolute atomic E-state index is 11.8. The third-order valence-electron chi connectivity index (χ3n) is 2.36. The van der Waals surface area contributed by atoms with Gasteiger partial charge in [-0.15, -0.1) is 0 Å². The van der Waals surface area contributed by atoms with Gasteiger partial charge in [0.05, 0.1) is 23.5 Å². The molecule has 0 aromatic heterocycles. The molecule has 0 atom stereocenters. The molecule has 0 aliphatic carbocycles. The first-order valence-electron chi connectivity index (χ1n) is 5.93.